The topological polar surface area (TPSA) is 66.4 Å². The van der Waals surface area contributed by atoms with Gasteiger partial charge in [0.1, 0.15) is 4.21 Å². The van der Waals surface area contributed by atoms with E-state index in [1.54, 1.807) is 6.07 Å². The summed E-state index contributed by atoms with van der Waals surface area (Å²) in [6.45, 7) is 3.74. The summed E-state index contributed by atoms with van der Waals surface area (Å²) < 4.78 is 27.2. The fourth-order valence-electron chi connectivity index (χ4n) is 1.69. The van der Waals surface area contributed by atoms with E-state index in [9.17, 15) is 13.5 Å². The van der Waals surface area contributed by atoms with Crippen LogP contribution < -0.4 is 4.72 Å². The number of thiophene rings is 1. The summed E-state index contributed by atoms with van der Waals surface area (Å²) in [5.74, 6) is 0.0882. The monoisotopic (exact) mass is 311 g/mol. The summed E-state index contributed by atoms with van der Waals surface area (Å²) in [5.41, 5.74) is 0. The van der Waals surface area contributed by atoms with E-state index in [0.717, 1.165) is 24.2 Å². The van der Waals surface area contributed by atoms with Crippen LogP contribution in [0, 0.1) is 5.92 Å². The van der Waals surface area contributed by atoms with Gasteiger partial charge in [-0.05, 0) is 24.5 Å². The number of sulfonamides is 1. The van der Waals surface area contributed by atoms with Gasteiger partial charge in [0.05, 0.1) is 10.9 Å². The quantitative estimate of drug-likeness (QED) is 0.813. The number of hydrogen-bond donors (Lipinski definition) is 2. The Morgan fingerprint density at radius 3 is 2.61 bits per heavy atom. The minimum absolute atomic E-state index is 0.0882. The molecule has 0 amide bonds. The zero-order chi connectivity index (χ0) is 13.8. The lowest BCUT2D eigenvalue weighted by Gasteiger charge is -2.22. The second kappa shape index (κ2) is 6.86. The van der Waals surface area contributed by atoms with Gasteiger partial charge in [0.15, 0.2) is 0 Å². The van der Waals surface area contributed by atoms with Crippen LogP contribution in [0.3, 0.4) is 0 Å². The molecule has 1 aromatic heterocycles. The standard InChI is InChI=1S/C11H18ClNO3S2/c1-3-4-8(2)9(7-14)13-18(15,16)11-6-5-10(12)17-11/h5-6,8-9,13-14H,3-4,7H2,1-2H3/t8-,9+/m0/s1. The molecule has 104 valence electrons. The molecule has 2 N–H and O–H groups in total. The first-order valence-electron chi connectivity index (χ1n) is 5.79. The molecular formula is C11H18ClNO3S2. The highest BCUT2D eigenvalue weighted by Crippen LogP contribution is 2.26. The highest BCUT2D eigenvalue weighted by molar-refractivity contribution is 7.91. The molecule has 0 saturated carbocycles. The minimum atomic E-state index is -3.59. The van der Waals surface area contributed by atoms with Gasteiger partial charge < -0.3 is 5.11 Å². The molecule has 0 fully saturated rings. The van der Waals surface area contributed by atoms with Gasteiger partial charge in [-0.1, -0.05) is 31.9 Å². The maximum atomic E-state index is 12.1. The third-order valence-electron chi connectivity index (χ3n) is 2.75. The highest BCUT2D eigenvalue weighted by atomic mass is 35.5. The van der Waals surface area contributed by atoms with Crippen molar-refractivity contribution in [3.05, 3.63) is 16.5 Å². The van der Waals surface area contributed by atoms with Gasteiger partial charge >= 0.3 is 0 Å². The maximum absolute atomic E-state index is 12.1. The summed E-state index contributed by atoms with van der Waals surface area (Å²) in [6.07, 6.45) is 1.81. The lowest BCUT2D eigenvalue weighted by atomic mass is 9.98. The molecule has 0 unspecified atom stereocenters. The Morgan fingerprint density at radius 2 is 2.17 bits per heavy atom. The Morgan fingerprint density at radius 1 is 1.50 bits per heavy atom. The fraction of sp³-hybridized carbons (Fsp3) is 0.636. The number of aliphatic hydroxyl groups excluding tert-OH is 1. The van der Waals surface area contributed by atoms with Crippen molar-refractivity contribution in [2.75, 3.05) is 6.61 Å². The van der Waals surface area contributed by atoms with E-state index in [4.69, 9.17) is 11.6 Å². The van der Waals surface area contributed by atoms with E-state index >= 15 is 0 Å². The summed E-state index contributed by atoms with van der Waals surface area (Å²) in [6, 6.07) is 2.55. The predicted octanol–water partition coefficient (Wildman–Crippen LogP) is 2.48. The number of nitrogens with one attached hydrogen (secondary N) is 1. The summed E-state index contributed by atoms with van der Waals surface area (Å²) in [4.78, 5) is 0. The Labute approximate surface area is 117 Å². The minimum Gasteiger partial charge on any atom is -0.395 e. The number of halogens is 1. The maximum Gasteiger partial charge on any atom is 0.250 e. The van der Waals surface area contributed by atoms with Gasteiger partial charge in [-0.15, -0.1) is 11.3 Å². The van der Waals surface area contributed by atoms with E-state index in [2.05, 4.69) is 4.72 Å². The van der Waals surface area contributed by atoms with Crippen LogP contribution in [0.1, 0.15) is 26.7 Å². The van der Waals surface area contributed by atoms with Crippen molar-refractivity contribution < 1.29 is 13.5 Å². The van der Waals surface area contributed by atoms with Gasteiger partial charge in [0.2, 0.25) is 10.0 Å². The Bertz CT molecular complexity index is 472. The Kier molecular flexibility index (Phi) is 6.07. The molecule has 1 heterocycles. The molecule has 7 heteroatoms. The van der Waals surface area contributed by atoms with E-state index in [-0.39, 0.29) is 16.7 Å². The normalized spacial score (nSPS) is 15.6. The van der Waals surface area contributed by atoms with Crippen LogP contribution in [-0.4, -0.2) is 26.2 Å². The van der Waals surface area contributed by atoms with Crippen molar-refractivity contribution >= 4 is 33.0 Å². The average Bonchev–Trinajstić information content (AvgIpc) is 2.74. The van der Waals surface area contributed by atoms with E-state index < -0.39 is 16.1 Å². The first kappa shape index (κ1) is 15.9. The van der Waals surface area contributed by atoms with Crippen LogP contribution in [0.15, 0.2) is 16.3 Å². The fourth-order valence-corrected chi connectivity index (χ4v) is 4.52. The summed E-state index contributed by atoms with van der Waals surface area (Å²) in [7, 11) is -3.59. The molecule has 1 aromatic rings. The predicted molar refractivity (Wildman–Crippen MR) is 74.6 cm³/mol. The van der Waals surface area contributed by atoms with Crippen LogP contribution in [0.25, 0.3) is 0 Å². The molecule has 0 bridgehead atoms. The molecule has 1 rings (SSSR count). The van der Waals surface area contributed by atoms with Crippen molar-refractivity contribution in [1.29, 1.82) is 0 Å². The lowest BCUT2D eigenvalue weighted by Crippen LogP contribution is -2.41. The summed E-state index contributed by atoms with van der Waals surface area (Å²) in [5, 5.41) is 9.29. The van der Waals surface area contributed by atoms with Crippen molar-refractivity contribution in [3.63, 3.8) is 0 Å². The molecule has 0 aliphatic carbocycles. The number of aliphatic hydroxyl groups is 1. The Balaban J connectivity index is 2.81. The molecule has 0 aromatic carbocycles. The molecule has 0 spiro atoms. The second-order valence-electron chi connectivity index (χ2n) is 4.23. The molecular weight excluding hydrogens is 294 g/mol. The van der Waals surface area contributed by atoms with Crippen molar-refractivity contribution in [1.82, 2.24) is 4.72 Å². The summed E-state index contributed by atoms with van der Waals surface area (Å²) >= 11 is 6.73. The van der Waals surface area contributed by atoms with Gasteiger partial charge in [-0.2, -0.15) is 0 Å². The van der Waals surface area contributed by atoms with Gasteiger partial charge in [0, 0.05) is 6.04 Å². The molecule has 0 aliphatic rings. The van der Waals surface area contributed by atoms with Crippen molar-refractivity contribution in [3.8, 4) is 0 Å². The van der Waals surface area contributed by atoms with Gasteiger partial charge in [-0.25, -0.2) is 13.1 Å². The first-order chi connectivity index (χ1) is 8.40. The second-order valence-corrected chi connectivity index (χ2v) is 7.89. The molecule has 18 heavy (non-hydrogen) atoms. The first-order valence-corrected chi connectivity index (χ1v) is 8.47. The third-order valence-corrected chi connectivity index (χ3v) is 5.96. The molecule has 4 nitrogen and oxygen atoms in total. The van der Waals surface area contributed by atoms with Crippen molar-refractivity contribution in [2.24, 2.45) is 5.92 Å². The number of hydrogen-bond acceptors (Lipinski definition) is 4. The van der Waals surface area contributed by atoms with E-state index in [1.165, 1.54) is 6.07 Å². The molecule has 0 aliphatic heterocycles. The van der Waals surface area contributed by atoms with E-state index in [1.807, 2.05) is 13.8 Å². The number of rotatable bonds is 7. The zero-order valence-electron chi connectivity index (χ0n) is 10.4. The zero-order valence-corrected chi connectivity index (χ0v) is 12.8. The van der Waals surface area contributed by atoms with Crippen LogP contribution in [0.2, 0.25) is 4.34 Å². The smallest absolute Gasteiger partial charge is 0.250 e. The van der Waals surface area contributed by atoms with E-state index in [0.29, 0.717) is 4.34 Å². The van der Waals surface area contributed by atoms with Gasteiger partial charge in [-0.3, -0.25) is 0 Å². The van der Waals surface area contributed by atoms with Crippen LogP contribution in [-0.2, 0) is 10.0 Å². The van der Waals surface area contributed by atoms with Crippen LogP contribution >= 0.6 is 22.9 Å². The molecule has 0 radical (unpaired) electrons. The van der Waals surface area contributed by atoms with Crippen LogP contribution in [0.4, 0.5) is 0 Å². The van der Waals surface area contributed by atoms with Crippen molar-refractivity contribution in [2.45, 2.75) is 36.9 Å². The highest BCUT2D eigenvalue weighted by Gasteiger charge is 2.24. The molecule has 2 atom stereocenters. The largest absolute Gasteiger partial charge is 0.395 e. The van der Waals surface area contributed by atoms with Crippen LogP contribution in [0.5, 0.6) is 0 Å². The Hall–Kier alpha value is -0.140. The lowest BCUT2D eigenvalue weighted by molar-refractivity contribution is 0.216. The molecule has 0 saturated heterocycles. The average molecular weight is 312 g/mol. The SMILES string of the molecule is CCC[C@H](C)[C@@H](CO)NS(=O)(=O)c1ccc(Cl)s1. The van der Waals surface area contributed by atoms with Gasteiger partial charge in [0.25, 0.3) is 0 Å². The third kappa shape index (κ3) is 4.20.